The summed E-state index contributed by atoms with van der Waals surface area (Å²) in [6.45, 7) is 6.61. The molecule has 0 spiro atoms. The van der Waals surface area contributed by atoms with E-state index in [1.807, 2.05) is 0 Å². The number of thiazole rings is 1. The Morgan fingerprint density at radius 1 is 1.11 bits per heavy atom. The number of benzene rings is 2. The van der Waals surface area contributed by atoms with Gasteiger partial charge in [-0.15, -0.1) is 0 Å². The number of hydrogen-bond acceptors (Lipinski definition) is 7. The average Bonchev–Trinajstić information content (AvgIpc) is 3.08. The highest BCUT2D eigenvalue weighted by Gasteiger charge is 2.33. The molecule has 0 fully saturated rings. The number of allylic oxidation sites excluding steroid dienone is 1. The maximum Gasteiger partial charge on any atom is 0.338 e. The smallest absolute Gasteiger partial charge is 0.338 e. The summed E-state index contributed by atoms with van der Waals surface area (Å²) in [5, 5.41) is 0.547. The van der Waals surface area contributed by atoms with Crippen LogP contribution in [0.2, 0.25) is 5.02 Å². The van der Waals surface area contributed by atoms with E-state index >= 15 is 0 Å². The summed E-state index contributed by atoms with van der Waals surface area (Å²) in [6.07, 6.45) is 1.42. The Kier molecular flexibility index (Phi) is 7.05. The number of carbonyl (C=O) groups is 2. The van der Waals surface area contributed by atoms with E-state index in [1.54, 1.807) is 75.4 Å². The molecule has 1 aromatic heterocycles. The van der Waals surface area contributed by atoms with Gasteiger partial charge in [-0.1, -0.05) is 47.2 Å². The normalized spacial score (nSPS) is 15.6. The Bertz CT molecular complexity index is 1500. The first-order chi connectivity index (χ1) is 16.6. The number of rotatable bonds is 5. The molecule has 0 unspecified atom stereocenters. The average molecular weight is 511 g/mol. The molecule has 0 amide bonds. The third-order valence-electron chi connectivity index (χ3n) is 5.21. The maximum absolute atomic E-state index is 13.6. The first-order valence-corrected chi connectivity index (χ1v) is 12.1. The zero-order valence-electron chi connectivity index (χ0n) is 19.6. The fraction of sp³-hybridized carbons (Fsp3) is 0.231. The van der Waals surface area contributed by atoms with Crippen molar-refractivity contribution < 1.29 is 19.1 Å². The van der Waals surface area contributed by atoms with Crippen LogP contribution in [-0.2, 0) is 14.3 Å². The molecule has 0 bridgehead atoms. The monoisotopic (exact) mass is 510 g/mol. The molecule has 0 radical (unpaired) electrons. The fourth-order valence-corrected chi connectivity index (χ4v) is 4.94. The highest BCUT2D eigenvalue weighted by molar-refractivity contribution is 7.07. The van der Waals surface area contributed by atoms with Gasteiger partial charge in [-0.3, -0.25) is 14.2 Å². The van der Waals surface area contributed by atoms with Crippen molar-refractivity contribution in [3.8, 4) is 5.75 Å². The minimum Gasteiger partial charge on any atom is -0.459 e. The second-order valence-electron chi connectivity index (χ2n) is 8.25. The van der Waals surface area contributed by atoms with Crippen LogP contribution in [0.25, 0.3) is 6.08 Å². The largest absolute Gasteiger partial charge is 0.459 e. The van der Waals surface area contributed by atoms with Gasteiger partial charge in [-0.25, -0.2) is 9.79 Å². The molecule has 3 aromatic rings. The summed E-state index contributed by atoms with van der Waals surface area (Å²) >= 11 is 7.33. The van der Waals surface area contributed by atoms with Gasteiger partial charge in [0.1, 0.15) is 5.75 Å². The van der Waals surface area contributed by atoms with E-state index in [9.17, 15) is 14.4 Å². The molecule has 1 aliphatic rings. The fourth-order valence-electron chi connectivity index (χ4n) is 3.77. The third-order valence-corrected chi connectivity index (χ3v) is 6.44. The van der Waals surface area contributed by atoms with E-state index in [2.05, 4.69) is 4.99 Å². The van der Waals surface area contributed by atoms with Gasteiger partial charge >= 0.3 is 11.9 Å². The predicted octanol–water partition coefficient (Wildman–Crippen LogP) is 3.77. The molecule has 2 aromatic carbocycles. The molecule has 1 atom stereocenters. The lowest BCUT2D eigenvalue weighted by Crippen LogP contribution is -2.40. The van der Waals surface area contributed by atoms with Crippen molar-refractivity contribution in [2.24, 2.45) is 4.99 Å². The molecule has 1 aliphatic heterocycles. The van der Waals surface area contributed by atoms with E-state index in [0.717, 1.165) is 11.1 Å². The van der Waals surface area contributed by atoms with Crippen molar-refractivity contribution >= 4 is 41.0 Å². The SMILES string of the molecule is CC(=O)Oc1ccc(C=c2sc3n(c2=O)[C@@H](c2ccc(Cl)cc2)C(C(=O)OC(C)C)=C(C)N=3)cc1. The van der Waals surface area contributed by atoms with Gasteiger partial charge in [0.15, 0.2) is 4.80 Å². The molecule has 0 saturated carbocycles. The Labute approximate surface area is 210 Å². The lowest BCUT2D eigenvalue weighted by molar-refractivity contribution is -0.143. The van der Waals surface area contributed by atoms with Crippen LogP contribution >= 0.6 is 22.9 Å². The maximum atomic E-state index is 13.6. The highest BCUT2D eigenvalue weighted by atomic mass is 35.5. The van der Waals surface area contributed by atoms with E-state index in [0.29, 0.717) is 31.4 Å². The van der Waals surface area contributed by atoms with Crippen molar-refractivity contribution in [3.63, 3.8) is 0 Å². The number of ether oxygens (including phenoxy) is 2. The quantitative estimate of drug-likeness (QED) is 0.385. The number of halogens is 1. The van der Waals surface area contributed by atoms with E-state index in [4.69, 9.17) is 21.1 Å². The molecule has 180 valence electrons. The molecular weight excluding hydrogens is 488 g/mol. The van der Waals surface area contributed by atoms with Gasteiger partial charge in [0, 0.05) is 11.9 Å². The summed E-state index contributed by atoms with van der Waals surface area (Å²) in [6, 6.07) is 13.1. The number of hydrogen-bond donors (Lipinski definition) is 0. The number of fused-ring (bicyclic) bond motifs is 1. The van der Waals surface area contributed by atoms with Gasteiger partial charge < -0.3 is 9.47 Å². The van der Waals surface area contributed by atoms with Crippen LogP contribution in [0, 0.1) is 0 Å². The van der Waals surface area contributed by atoms with Gasteiger partial charge in [0.2, 0.25) is 0 Å². The summed E-state index contributed by atoms with van der Waals surface area (Å²) in [7, 11) is 0. The first-order valence-electron chi connectivity index (χ1n) is 10.9. The second-order valence-corrected chi connectivity index (χ2v) is 9.70. The molecule has 35 heavy (non-hydrogen) atoms. The molecule has 0 aliphatic carbocycles. The van der Waals surface area contributed by atoms with Crippen molar-refractivity contribution in [1.29, 1.82) is 0 Å². The molecular formula is C26H23ClN2O5S. The van der Waals surface area contributed by atoms with Crippen molar-refractivity contribution in [2.45, 2.75) is 39.8 Å². The van der Waals surface area contributed by atoms with Crippen LogP contribution < -0.4 is 19.6 Å². The summed E-state index contributed by atoms with van der Waals surface area (Å²) in [5.74, 6) is -0.505. The van der Waals surface area contributed by atoms with Gasteiger partial charge in [-0.05, 0) is 62.2 Å². The molecule has 0 N–H and O–H groups in total. The number of nitrogens with zero attached hydrogens (tertiary/aromatic N) is 2. The summed E-state index contributed by atoms with van der Waals surface area (Å²) in [5.41, 5.74) is 2.00. The summed E-state index contributed by atoms with van der Waals surface area (Å²) < 4.78 is 12.5. The number of esters is 2. The standard InChI is InChI=1S/C26H23ClN2O5S/c1-14(2)33-25(32)22-15(3)28-26-29(23(22)18-7-9-19(27)10-8-18)24(31)21(35-26)13-17-5-11-20(12-6-17)34-16(4)30/h5-14,23H,1-4H3/t23-/m0/s1. The predicted molar refractivity (Wildman–Crippen MR) is 134 cm³/mol. The van der Waals surface area contributed by atoms with E-state index in [1.165, 1.54) is 22.8 Å². The third kappa shape index (κ3) is 5.28. The lowest BCUT2D eigenvalue weighted by Gasteiger charge is -2.25. The number of carbonyl (C=O) groups excluding carboxylic acids is 2. The lowest BCUT2D eigenvalue weighted by atomic mass is 9.96. The van der Waals surface area contributed by atoms with Gasteiger partial charge in [-0.2, -0.15) is 0 Å². The minimum absolute atomic E-state index is 0.278. The van der Waals surface area contributed by atoms with Crippen LogP contribution in [0.15, 0.2) is 69.6 Å². The Morgan fingerprint density at radius 2 is 1.77 bits per heavy atom. The zero-order chi connectivity index (χ0) is 25.3. The van der Waals surface area contributed by atoms with Crippen LogP contribution in [0.1, 0.15) is 44.9 Å². The molecule has 2 heterocycles. The van der Waals surface area contributed by atoms with Crippen LogP contribution in [-0.4, -0.2) is 22.6 Å². The molecule has 4 rings (SSSR count). The second kappa shape index (κ2) is 10.0. The van der Waals surface area contributed by atoms with Crippen LogP contribution in [0.4, 0.5) is 0 Å². The first kappa shape index (κ1) is 24.6. The van der Waals surface area contributed by atoms with Gasteiger partial charge in [0.25, 0.3) is 5.56 Å². The zero-order valence-corrected chi connectivity index (χ0v) is 21.1. The molecule has 7 nitrogen and oxygen atoms in total. The van der Waals surface area contributed by atoms with Crippen molar-refractivity contribution in [1.82, 2.24) is 4.57 Å². The highest BCUT2D eigenvalue weighted by Crippen LogP contribution is 2.31. The van der Waals surface area contributed by atoms with E-state index < -0.39 is 18.0 Å². The Balaban J connectivity index is 1.86. The van der Waals surface area contributed by atoms with Crippen molar-refractivity contribution in [2.75, 3.05) is 0 Å². The molecule has 9 heteroatoms. The van der Waals surface area contributed by atoms with Crippen LogP contribution in [0.5, 0.6) is 5.75 Å². The number of aromatic nitrogens is 1. The Hall–Kier alpha value is -3.49. The van der Waals surface area contributed by atoms with Crippen molar-refractivity contribution in [3.05, 3.63) is 95.6 Å². The minimum atomic E-state index is -0.705. The van der Waals surface area contributed by atoms with Gasteiger partial charge in [0.05, 0.1) is 27.9 Å². The summed E-state index contributed by atoms with van der Waals surface area (Å²) in [4.78, 5) is 42.9. The Morgan fingerprint density at radius 3 is 2.37 bits per heavy atom. The topological polar surface area (TPSA) is 87.0 Å². The van der Waals surface area contributed by atoms with Crippen LogP contribution in [0.3, 0.4) is 0 Å². The molecule has 0 saturated heterocycles. The van der Waals surface area contributed by atoms with E-state index in [-0.39, 0.29) is 11.7 Å².